The van der Waals surface area contributed by atoms with Crippen LogP contribution < -0.4 is 0 Å². The van der Waals surface area contributed by atoms with Crippen LogP contribution in [0, 0.1) is 5.92 Å². The van der Waals surface area contributed by atoms with E-state index in [0.29, 0.717) is 5.92 Å². The third-order valence-electron chi connectivity index (χ3n) is 5.74. The summed E-state index contributed by atoms with van der Waals surface area (Å²) in [5.41, 5.74) is 3.74. The van der Waals surface area contributed by atoms with Crippen LogP contribution in [0.3, 0.4) is 0 Å². The van der Waals surface area contributed by atoms with Gasteiger partial charge in [0.05, 0.1) is 5.60 Å². The lowest BCUT2D eigenvalue weighted by Crippen LogP contribution is -2.51. The molecule has 1 unspecified atom stereocenters. The van der Waals surface area contributed by atoms with E-state index in [-0.39, 0.29) is 0 Å². The third-order valence-corrected chi connectivity index (χ3v) is 5.74. The van der Waals surface area contributed by atoms with Gasteiger partial charge in [0.25, 0.3) is 0 Å². The minimum absolute atomic E-state index is 0.469. The zero-order valence-corrected chi connectivity index (χ0v) is 13.4. The number of hydrogen-bond donors (Lipinski definition) is 2. The Morgan fingerprint density at radius 2 is 2.18 bits per heavy atom. The molecule has 1 aromatic carbocycles. The van der Waals surface area contributed by atoms with E-state index in [1.54, 1.807) is 0 Å². The minimum atomic E-state index is -0.469. The molecule has 4 rings (SSSR count). The number of benzene rings is 1. The number of nitrogens with zero attached hydrogens (tertiary/aromatic N) is 1. The molecule has 1 saturated heterocycles. The lowest BCUT2D eigenvalue weighted by Gasteiger charge is -2.42. The van der Waals surface area contributed by atoms with Gasteiger partial charge in [0, 0.05) is 36.2 Å². The van der Waals surface area contributed by atoms with E-state index < -0.39 is 5.60 Å². The number of aliphatic hydroxyl groups is 1. The zero-order chi connectivity index (χ0) is 15.2. The van der Waals surface area contributed by atoms with Gasteiger partial charge in [0.2, 0.25) is 0 Å². The van der Waals surface area contributed by atoms with Crippen LogP contribution in [0.2, 0.25) is 0 Å². The number of hydrogen-bond acceptors (Lipinski definition) is 2. The first-order valence-corrected chi connectivity index (χ1v) is 8.70. The zero-order valence-electron chi connectivity index (χ0n) is 13.4. The largest absolute Gasteiger partial charge is 0.389 e. The highest BCUT2D eigenvalue weighted by molar-refractivity contribution is 5.84. The van der Waals surface area contributed by atoms with E-state index in [4.69, 9.17) is 0 Å². The molecule has 2 aliphatic heterocycles. The molecular formula is C19H26N2O. The second-order valence-corrected chi connectivity index (χ2v) is 7.30. The number of aryl methyl sites for hydroxylation is 1. The lowest BCUT2D eigenvalue weighted by atomic mass is 9.81. The molecule has 2 N–H and O–H groups in total. The number of nitrogens with one attached hydrogen (secondary N) is 1. The fraction of sp³-hybridized carbons (Fsp3) is 0.579. The van der Waals surface area contributed by atoms with Gasteiger partial charge >= 0.3 is 0 Å². The van der Waals surface area contributed by atoms with Gasteiger partial charge in [-0.15, -0.1) is 0 Å². The Morgan fingerprint density at radius 3 is 3.05 bits per heavy atom. The van der Waals surface area contributed by atoms with Gasteiger partial charge in [0.15, 0.2) is 0 Å². The number of para-hydroxylation sites is 1. The summed E-state index contributed by atoms with van der Waals surface area (Å²) in [6, 6.07) is 8.67. The molecule has 0 amide bonds. The van der Waals surface area contributed by atoms with Crippen LogP contribution in [0.5, 0.6) is 0 Å². The number of piperidine rings is 1. The Labute approximate surface area is 132 Å². The highest BCUT2D eigenvalue weighted by Gasteiger charge is 2.37. The molecule has 1 fully saturated rings. The van der Waals surface area contributed by atoms with Gasteiger partial charge in [0.1, 0.15) is 0 Å². The topological polar surface area (TPSA) is 39.3 Å². The van der Waals surface area contributed by atoms with Crippen LogP contribution in [0.4, 0.5) is 0 Å². The van der Waals surface area contributed by atoms with Crippen molar-refractivity contribution in [1.29, 1.82) is 0 Å². The minimum Gasteiger partial charge on any atom is -0.389 e. The van der Waals surface area contributed by atoms with Gasteiger partial charge in [-0.25, -0.2) is 0 Å². The van der Waals surface area contributed by atoms with Crippen LogP contribution in [-0.2, 0) is 12.8 Å². The molecule has 118 valence electrons. The molecule has 3 heterocycles. The average molecular weight is 298 g/mol. The highest BCUT2D eigenvalue weighted by Crippen LogP contribution is 2.34. The molecule has 3 atom stereocenters. The van der Waals surface area contributed by atoms with Crippen LogP contribution in [0.15, 0.2) is 24.3 Å². The number of aromatic nitrogens is 1. The van der Waals surface area contributed by atoms with Crippen molar-refractivity contribution in [2.75, 3.05) is 19.6 Å². The molecule has 0 saturated carbocycles. The number of fused-ring (bicyclic) bond motifs is 5. The van der Waals surface area contributed by atoms with Gasteiger partial charge in [-0.05, 0) is 49.7 Å². The van der Waals surface area contributed by atoms with E-state index in [0.717, 1.165) is 45.3 Å². The summed E-state index contributed by atoms with van der Waals surface area (Å²) in [5.74, 6) is 0.621. The van der Waals surface area contributed by atoms with E-state index >= 15 is 0 Å². The van der Waals surface area contributed by atoms with Gasteiger partial charge < -0.3 is 10.1 Å². The molecule has 22 heavy (non-hydrogen) atoms. The van der Waals surface area contributed by atoms with Crippen molar-refractivity contribution in [3.05, 3.63) is 35.5 Å². The summed E-state index contributed by atoms with van der Waals surface area (Å²) >= 11 is 0. The number of H-pyrrole nitrogens is 1. The van der Waals surface area contributed by atoms with Crippen molar-refractivity contribution in [3.63, 3.8) is 0 Å². The first-order chi connectivity index (χ1) is 10.7. The van der Waals surface area contributed by atoms with Crippen molar-refractivity contribution < 1.29 is 5.11 Å². The summed E-state index contributed by atoms with van der Waals surface area (Å²) in [4.78, 5) is 6.14. The summed E-state index contributed by atoms with van der Waals surface area (Å²) in [5, 5.41) is 12.2. The Bertz CT molecular complexity index is 677. The van der Waals surface area contributed by atoms with E-state index in [1.165, 1.54) is 28.6 Å². The molecular weight excluding hydrogens is 272 g/mol. The highest BCUT2D eigenvalue weighted by atomic mass is 16.3. The molecule has 0 radical (unpaired) electrons. The summed E-state index contributed by atoms with van der Waals surface area (Å²) < 4.78 is 0. The van der Waals surface area contributed by atoms with Crippen molar-refractivity contribution in [2.24, 2.45) is 5.92 Å². The maximum absolute atomic E-state index is 10.8. The smallest absolute Gasteiger partial charge is 0.0774 e. The van der Waals surface area contributed by atoms with Crippen LogP contribution in [0.25, 0.3) is 10.9 Å². The molecule has 3 heteroatoms. The summed E-state index contributed by atoms with van der Waals surface area (Å²) in [6.45, 7) is 5.19. The van der Waals surface area contributed by atoms with Crippen LogP contribution in [-0.4, -0.2) is 40.2 Å². The SMILES string of the molecule is CC[C@]1(O)C[C@@H]2CCc3[nH]c4ccccc4c3CCN(C2)C1. The quantitative estimate of drug-likeness (QED) is 0.849. The second kappa shape index (κ2) is 5.39. The van der Waals surface area contributed by atoms with E-state index in [1.807, 2.05) is 0 Å². The molecule has 0 aliphatic carbocycles. The van der Waals surface area contributed by atoms with Gasteiger partial charge in [-0.1, -0.05) is 25.1 Å². The first-order valence-electron chi connectivity index (χ1n) is 8.70. The molecule has 2 aromatic rings. The van der Waals surface area contributed by atoms with Gasteiger partial charge in [-0.3, -0.25) is 4.90 Å². The fourth-order valence-corrected chi connectivity index (χ4v) is 4.51. The third kappa shape index (κ3) is 2.46. The fourth-order valence-electron chi connectivity index (χ4n) is 4.51. The second-order valence-electron chi connectivity index (χ2n) is 7.30. The van der Waals surface area contributed by atoms with Crippen molar-refractivity contribution in [1.82, 2.24) is 9.88 Å². The molecule has 2 aliphatic rings. The van der Waals surface area contributed by atoms with Crippen molar-refractivity contribution in [3.8, 4) is 0 Å². The number of aromatic amines is 1. The maximum atomic E-state index is 10.8. The van der Waals surface area contributed by atoms with Crippen LogP contribution >= 0.6 is 0 Å². The summed E-state index contributed by atoms with van der Waals surface area (Å²) in [6.07, 6.45) is 5.22. The maximum Gasteiger partial charge on any atom is 0.0774 e. The van der Waals surface area contributed by atoms with E-state index in [2.05, 4.69) is 41.1 Å². The number of rotatable bonds is 1. The lowest BCUT2D eigenvalue weighted by molar-refractivity contribution is -0.0557. The molecule has 0 spiro atoms. The van der Waals surface area contributed by atoms with Crippen molar-refractivity contribution >= 4 is 10.9 Å². The molecule has 1 aromatic heterocycles. The average Bonchev–Trinajstić information content (AvgIpc) is 2.89. The standard InChI is InChI=1S/C19H26N2O/c1-2-19(22)11-14-7-8-18-16(9-10-21(12-14)13-19)15-5-3-4-6-17(15)20-18/h3-6,14,20,22H,2,7-13H2,1H3/t14-,19-/m0/s1. The Hall–Kier alpha value is -1.32. The van der Waals surface area contributed by atoms with Gasteiger partial charge in [-0.2, -0.15) is 0 Å². The molecule has 3 nitrogen and oxygen atoms in total. The predicted molar refractivity (Wildman–Crippen MR) is 90.1 cm³/mol. The van der Waals surface area contributed by atoms with Crippen molar-refractivity contribution in [2.45, 2.75) is 44.6 Å². The monoisotopic (exact) mass is 298 g/mol. The Morgan fingerprint density at radius 1 is 1.32 bits per heavy atom. The Kier molecular flexibility index (Phi) is 3.50. The predicted octanol–water partition coefficient (Wildman–Crippen LogP) is 3.12. The van der Waals surface area contributed by atoms with Crippen LogP contribution in [0.1, 0.15) is 37.4 Å². The summed E-state index contributed by atoms with van der Waals surface area (Å²) in [7, 11) is 0. The van der Waals surface area contributed by atoms with E-state index in [9.17, 15) is 5.11 Å². The molecule has 2 bridgehead atoms. The first kappa shape index (κ1) is 14.3. The Balaban J connectivity index is 1.67. The normalized spacial score (nSPS) is 32.1.